The Labute approximate surface area is 94.2 Å². The van der Waals surface area contributed by atoms with Gasteiger partial charge in [0.05, 0.1) is 5.56 Å². The standard InChI is InChI=1S/C13H12N2O/c1-9-5-3-4-6-12(9)13-14-7-11(8-15-13)10(2)16/h3-8H,1-2H3. The van der Waals surface area contributed by atoms with Crippen molar-refractivity contribution in [2.45, 2.75) is 13.8 Å². The molecule has 0 aliphatic rings. The molecule has 0 spiro atoms. The lowest BCUT2D eigenvalue weighted by Gasteiger charge is -2.03. The number of hydrogen-bond donors (Lipinski definition) is 0. The van der Waals surface area contributed by atoms with Crippen LogP contribution in [-0.4, -0.2) is 15.8 Å². The molecule has 1 aromatic carbocycles. The lowest BCUT2D eigenvalue weighted by atomic mass is 10.1. The van der Waals surface area contributed by atoms with Crippen LogP contribution in [0, 0.1) is 6.92 Å². The van der Waals surface area contributed by atoms with Crippen LogP contribution in [0.2, 0.25) is 0 Å². The van der Waals surface area contributed by atoms with Gasteiger partial charge >= 0.3 is 0 Å². The molecule has 0 saturated carbocycles. The van der Waals surface area contributed by atoms with Crippen LogP contribution in [0.5, 0.6) is 0 Å². The average molecular weight is 212 g/mol. The topological polar surface area (TPSA) is 42.9 Å². The highest BCUT2D eigenvalue weighted by atomic mass is 16.1. The van der Waals surface area contributed by atoms with Crippen LogP contribution in [0.1, 0.15) is 22.8 Å². The molecule has 0 saturated heterocycles. The molecule has 3 heteroatoms. The van der Waals surface area contributed by atoms with Gasteiger partial charge < -0.3 is 0 Å². The van der Waals surface area contributed by atoms with Gasteiger partial charge in [0.2, 0.25) is 0 Å². The van der Waals surface area contributed by atoms with E-state index < -0.39 is 0 Å². The Hall–Kier alpha value is -2.03. The fourth-order valence-corrected chi connectivity index (χ4v) is 1.47. The highest BCUT2D eigenvalue weighted by Gasteiger charge is 2.05. The van der Waals surface area contributed by atoms with Crippen molar-refractivity contribution < 1.29 is 4.79 Å². The molecule has 0 N–H and O–H groups in total. The minimum Gasteiger partial charge on any atom is -0.294 e. The molecule has 0 aliphatic carbocycles. The Morgan fingerprint density at radius 2 is 1.75 bits per heavy atom. The molecule has 2 aromatic rings. The molecule has 2 rings (SSSR count). The molecule has 3 nitrogen and oxygen atoms in total. The minimum absolute atomic E-state index is 0.0173. The van der Waals surface area contributed by atoms with Crippen molar-refractivity contribution >= 4 is 5.78 Å². The van der Waals surface area contributed by atoms with Crippen molar-refractivity contribution in [2.24, 2.45) is 0 Å². The second kappa shape index (κ2) is 4.23. The summed E-state index contributed by atoms with van der Waals surface area (Å²) in [6.45, 7) is 3.52. The second-order valence-electron chi connectivity index (χ2n) is 3.67. The van der Waals surface area contributed by atoms with Crippen molar-refractivity contribution in [3.05, 3.63) is 47.8 Å². The number of benzene rings is 1. The third kappa shape index (κ3) is 1.98. The minimum atomic E-state index is -0.0173. The summed E-state index contributed by atoms with van der Waals surface area (Å²) in [5, 5.41) is 0. The smallest absolute Gasteiger partial charge is 0.162 e. The maximum Gasteiger partial charge on any atom is 0.162 e. The molecular weight excluding hydrogens is 200 g/mol. The monoisotopic (exact) mass is 212 g/mol. The third-order valence-corrected chi connectivity index (χ3v) is 2.44. The third-order valence-electron chi connectivity index (χ3n) is 2.44. The first-order chi connectivity index (χ1) is 7.68. The molecule has 1 heterocycles. The molecule has 0 radical (unpaired) electrons. The number of ketones is 1. The zero-order valence-electron chi connectivity index (χ0n) is 9.27. The number of nitrogens with zero attached hydrogens (tertiary/aromatic N) is 2. The number of Topliss-reactive ketones (excluding diaryl/α,β-unsaturated/α-hetero) is 1. The van der Waals surface area contributed by atoms with Gasteiger partial charge in [-0.25, -0.2) is 9.97 Å². The van der Waals surface area contributed by atoms with Gasteiger partial charge in [-0.1, -0.05) is 24.3 Å². The van der Waals surface area contributed by atoms with E-state index >= 15 is 0 Å². The van der Waals surface area contributed by atoms with Crippen molar-refractivity contribution in [2.75, 3.05) is 0 Å². The van der Waals surface area contributed by atoms with Crippen molar-refractivity contribution in [3.8, 4) is 11.4 Å². The van der Waals surface area contributed by atoms with E-state index in [0.717, 1.165) is 11.1 Å². The van der Waals surface area contributed by atoms with Gasteiger partial charge in [-0.3, -0.25) is 4.79 Å². The van der Waals surface area contributed by atoms with E-state index in [9.17, 15) is 4.79 Å². The quantitative estimate of drug-likeness (QED) is 0.719. The lowest BCUT2D eigenvalue weighted by Crippen LogP contribution is -1.97. The van der Waals surface area contributed by atoms with Crippen LogP contribution in [0.15, 0.2) is 36.7 Å². The van der Waals surface area contributed by atoms with Crippen molar-refractivity contribution in [1.82, 2.24) is 9.97 Å². The van der Waals surface area contributed by atoms with Crippen molar-refractivity contribution in [1.29, 1.82) is 0 Å². The number of aromatic nitrogens is 2. The summed E-state index contributed by atoms with van der Waals surface area (Å²) >= 11 is 0. The predicted molar refractivity (Wildman–Crippen MR) is 62.2 cm³/mol. The SMILES string of the molecule is CC(=O)c1cnc(-c2ccccc2C)nc1. The molecule has 0 fully saturated rings. The Morgan fingerprint density at radius 1 is 1.12 bits per heavy atom. The Bertz CT molecular complexity index is 518. The molecule has 16 heavy (non-hydrogen) atoms. The first-order valence-corrected chi connectivity index (χ1v) is 5.07. The lowest BCUT2D eigenvalue weighted by molar-refractivity contribution is 0.101. The largest absolute Gasteiger partial charge is 0.294 e. The number of carbonyl (C=O) groups excluding carboxylic acids is 1. The molecule has 0 aliphatic heterocycles. The molecule has 0 unspecified atom stereocenters. The van der Waals surface area contributed by atoms with Gasteiger partial charge in [0.15, 0.2) is 11.6 Å². The number of hydrogen-bond acceptors (Lipinski definition) is 3. The molecule has 1 aromatic heterocycles. The van der Waals surface area contributed by atoms with E-state index in [1.807, 2.05) is 31.2 Å². The van der Waals surface area contributed by atoms with Crippen LogP contribution in [-0.2, 0) is 0 Å². The van der Waals surface area contributed by atoms with E-state index in [1.54, 1.807) is 12.4 Å². The maximum absolute atomic E-state index is 11.1. The van der Waals surface area contributed by atoms with Crippen molar-refractivity contribution in [3.63, 3.8) is 0 Å². The number of carbonyl (C=O) groups is 1. The summed E-state index contributed by atoms with van der Waals surface area (Å²) in [5.74, 6) is 0.638. The van der Waals surface area contributed by atoms with Gasteiger partial charge in [-0.05, 0) is 19.4 Å². The summed E-state index contributed by atoms with van der Waals surface area (Å²) in [5.41, 5.74) is 2.66. The highest BCUT2D eigenvalue weighted by Crippen LogP contribution is 2.18. The van der Waals surface area contributed by atoms with Crippen LogP contribution in [0.4, 0.5) is 0 Å². The van der Waals surface area contributed by atoms with Gasteiger partial charge in [0.1, 0.15) is 0 Å². The van der Waals surface area contributed by atoms with Crippen LogP contribution in [0.3, 0.4) is 0 Å². The number of aryl methyl sites for hydroxylation is 1. The maximum atomic E-state index is 11.1. The van der Waals surface area contributed by atoms with Gasteiger partial charge in [0.25, 0.3) is 0 Å². The van der Waals surface area contributed by atoms with E-state index in [4.69, 9.17) is 0 Å². The van der Waals surface area contributed by atoms with Gasteiger partial charge in [-0.15, -0.1) is 0 Å². The number of rotatable bonds is 2. The summed E-state index contributed by atoms with van der Waals surface area (Å²) in [7, 11) is 0. The summed E-state index contributed by atoms with van der Waals surface area (Å²) in [4.78, 5) is 19.5. The van der Waals surface area contributed by atoms with Crippen LogP contribution < -0.4 is 0 Å². The fraction of sp³-hybridized carbons (Fsp3) is 0.154. The fourth-order valence-electron chi connectivity index (χ4n) is 1.47. The molecule has 80 valence electrons. The zero-order valence-corrected chi connectivity index (χ0v) is 9.27. The average Bonchev–Trinajstić information content (AvgIpc) is 2.30. The first kappa shape index (κ1) is 10.5. The van der Waals surface area contributed by atoms with Gasteiger partial charge in [-0.2, -0.15) is 0 Å². The summed E-state index contributed by atoms with van der Waals surface area (Å²) in [6.07, 6.45) is 3.13. The Kier molecular flexibility index (Phi) is 2.77. The predicted octanol–water partition coefficient (Wildman–Crippen LogP) is 2.65. The molecule has 0 bridgehead atoms. The molecule has 0 amide bonds. The van der Waals surface area contributed by atoms with E-state index in [1.165, 1.54) is 6.92 Å². The van der Waals surface area contributed by atoms with E-state index in [-0.39, 0.29) is 5.78 Å². The Morgan fingerprint density at radius 3 is 2.31 bits per heavy atom. The van der Waals surface area contributed by atoms with Gasteiger partial charge in [0, 0.05) is 18.0 Å². The summed E-state index contributed by atoms with van der Waals surface area (Å²) < 4.78 is 0. The molecule has 0 atom stereocenters. The normalized spacial score (nSPS) is 10.1. The first-order valence-electron chi connectivity index (χ1n) is 5.07. The van der Waals surface area contributed by atoms with Crippen LogP contribution in [0.25, 0.3) is 11.4 Å². The van der Waals surface area contributed by atoms with Crippen LogP contribution >= 0.6 is 0 Å². The van der Waals surface area contributed by atoms with E-state index in [2.05, 4.69) is 9.97 Å². The Balaban J connectivity index is 2.43. The second-order valence-corrected chi connectivity index (χ2v) is 3.67. The van der Waals surface area contributed by atoms with E-state index in [0.29, 0.717) is 11.4 Å². The highest BCUT2D eigenvalue weighted by molar-refractivity contribution is 5.93. The molecular formula is C13H12N2O. The summed E-state index contributed by atoms with van der Waals surface area (Å²) in [6, 6.07) is 7.91. The zero-order chi connectivity index (χ0) is 11.5.